The van der Waals surface area contributed by atoms with Crippen molar-refractivity contribution in [2.75, 3.05) is 41.0 Å². The quantitative estimate of drug-likeness (QED) is 0.0334. The van der Waals surface area contributed by atoms with E-state index >= 15 is 0 Å². The number of carbonyl (C=O) groups is 3. The number of aliphatic carboxylic acids is 1. The molecule has 0 heterocycles. The maximum atomic E-state index is 12.6. The number of unbranched alkanes of at least 4 members (excludes halogenated alkanes) is 11. The zero-order valence-electron chi connectivity index (χ0n) is 30.0. The maximum Gasteiger partial charge on any atom is 0.306 e. The number of esters is 2. The lowest BCUT2D eigenvalue weighted by molar-refractivity contribution is -0.889. The number of likely N-dealkylation sites (N-methyl/N-ethyl adjacent to an activating group) is 1. The highest BCUT2D eigenvalue weighted by atomic mass is 16.6. The lowest BCUT2D eigenvalue weighted by Crippen LogP contribution is -2.55. The molecule has 46 heavy (non-hydrogen) atoms. The van der Waals surface area contributed by atoms with Crippen LogP contribution < -0.4 is 5.11 Å². The maximum absolute atomic E-state index is 12.6. The second-order valence-corrected chi connectivity index (χ2v) is 13.1. The van der Waals surface area contributed by atoms with Crippen LogP contribution in [0.4, 0.5) is 0 Å². The third-order valence-electron chi connectivity index (χ3n) is 7.76. The topological polar surface area (TPSA) is 102 Å². The van der Waals surface area contributed by atoms with Crippen molar-refractivity contribution in [1.29, 1.82) is 0 Å². The minimum Gasteiger partial charge on any atom is -0.544 e. The largest absolute Gasteiger partial charge is 0.544 e. The van der Waals surface area contributed by atoms with Crippen molar-refractivity contribution in [2.45, 2.75) is 148 Å². The van der Waals surface area contributed by atoms with Gasteiger partial charge in [-0.05, 0) is 57.8 Å². The Bertz CT molecular complexity index is 860. The number of hydrogen-bond acceptors (Lipinski definition) is 7. The highest BCUT2D eigenvalue weighted by molar-refractivity contribution is 5.70. The van der Waals surface area contributed by atoms with Gasteiger partial charge in [0.15, 0.2) is 6.10 Å². The first-order valence-electron chi connectivity index (χ1n) is 18.0. The Labute approximate surface area is 281 Å². The van der Waals surface area contributed by atoms with Crippen LogP contribution in [-0.4, -0.2) is 75.5 Å². The lowest BCUT2D eigenvalue weighted by Gasteiger charge is -2.34. The summed E-state index contributed by atoms with van der Waals surface area (Å²) in [5.41, 5.74) is 0. The van der Waals surface area contributed by atoms with Gasteiger partial charge in [-0.3, -0.25) is 9.59 Å². The fraction of sp³-hybridized carbons (Fsp3) is 0.763. The molecule has 0 aliphatic carbocycles. The molecule has 0 fully saturated rings. The van der Waals surface area contributed by atoms with Crippen LogP contribution in [0.2, 0.25) is 0 Å². The molecular weight excluding hydrogens is 582 g/mol. The molecule has 0 bridgehead atoms. The average molecular weight is 650 g/mol. The molecule has 0 aliphatic heterocycles. The fourth-order valence-electron chi connectivity index (χ4n) is 4.91. The summed E-state index contributed by atoms with van der Waals surface area (Å²) in [5, 5.41) is 11.5. The molecule has 0 amide bonds. The average Bonchev–Trinajstić information content (AvgIpc) is 3.00. The van der Waals surface area contributed by atoms with Gasteiger partial charge in [-0.2, -0.15) is 0 Å². The van der Waals surface area contributed by atoms with Crippen LogP contribution in [0.15, 0.2) is 36.5 Å². The van der Waals surface area contributed by atoms with Gasteiger partial charge in [-0.15, -0.1) is 0 Å². The Morgan fingerprint density at radius 2 is 1.22 bits per heavy atom. The fourth-order valence-corrected chi connectivity index (χ4v) is 4.91. The Morgan fingerprint density at radius 3 is 1.80 bits per heavy atom. The van der Waals surface area contributed by atoms with Crippen LogP contribution in [0.3, 0.4) is 0 Å². The number of allylic oxidation sites excluding steroid dienone is 6. The molecule has 0 aliphatic rings. The summed E-state index contributed by atoms with van der Waals surface area (Å²) < 4.78 is 17.0. The highest BCUT2D eigenvalue weighted by Gasteiger charge is 2.25. The summed E-state index contributed by atoms with van der Waals surface area (Å²) in [6.45, 7) is 4.45. The van der Waals surface area contributed by atoms with Crippen molar-refractivity contribution in [1.82, 2.24) is 0 Å². The third-order valence-corrected chi connectivity index (χ3v) is 7.76. The SMILES string of the molecule is CC/C=C/C/C=C/CCCCCCCC(=O)OC(COCCC(C(=O)[O-])[N+](C)(C)C)COC(=O)CCCCCC/C=C/CCCC. The van der Waals surface area contributed by atoms with E-state index < -0.39 is 18.1 Å². The summed E-state index contributed by atoms with van der Waals surface area (Å²) in [7, 11) is 5.38. The van der Waals surface area contributed by atoms with Gasteiger partial charge in [0.25, 0.3) is 0 Å². The molecule has 8 nitrogen and oxygen atoms in total. The number of nitrogens with zero attached hydrogens (tertiary/aromatic N) is 1. The second kappa shape index (κ2) is 29.9. The molecule has 0 rings (SSSR count). The second-order valence-electron chi connectivity index (χ2n) is 13.1. The molecule has 0 N–H and O–H groups in total. The molecule has 0 aromatic rings. The van der Waals surface area contributed by atoms with Crippen LogP contribution >= 0.6 is 0 Å². The third kappa shape index (κ3) is 27.8. The molecule has 8 heteroatoms. The molecule has 0 aromatic carbocycles. The summed E-state index contributed by atoms with van der Waals surface area (Å²) in [4.78, 5) is 36.5. The number of carboxylic acids is 1. The standard InChI is InChI=1S/C38H67NO7/c1-6-8-10-12-14-16-18-19-21-23-25-27-29-37(41)46-34(32-44-31-30-35(38(42)43)39(3,4)5)33-45-36(40)28-26-24-22-20-17-15-13-11-9-7-2/h8,10,13-16,34-35H,6-7,9,11-12,17-33H2,1-5H3/b10-8+,15-13+,16-14+. The van der Waals surface area contributed by atoms with E-state index in [9.17, 15) is 19.5 Å². The van der Waals surface area contributed by atoms with E-state index in [-0.39, 0.29) is 42.7 Å². The Kier molecular flexibility index (Phi) is 28.3. The molecule has 2 atom stereocenters. The predicted octanol–water partition coefficient (Wildman–Crippen LogP) is 7.40. The van der Waals surface area contributed by atoms with Crippen LogP contribution in [0.5, 0.6) is 0 Å². The number of quaternary nitrogens is 1. The molecule has 2 unspecified atom stereocenters. The van der Waals surface area contributed by atoms with E-state index in [1.165, 1.54) is 12.8 Å². The number of carboxylic acid groups (broad SMARTS) is 1. The number of carbonyl (C=O) groups excluding carboxylic acids is 3. The minimum atomic E-state index is -1.13. The predicted molar refractivity (Wildman–Crippen MR) is 185 cm³/mol. The monoisotopic (exact) mass is 649 g/mol. The Morgan fingerprint density at radius 1 is 0.674 bits per heavy atom. The number of ether oxygens (including phenoxy) is 3. The first-order chi connectivity index (χ1) is 22.1. The van der Waals surface area contributed by atoms with Crippen LogP contribution in [0.1, 0.15) is 136 Å². The Hall–Kier alpha value is -2.45. The van der Waals surface area contributed by atoms with E-state index in [4.69, 9.17) is 14.2 Å². The van der Waals surface area contributed by atoms with Gasteiger partial charge in [-0.25, -0.2) is 0 Å². The summed E-state index contributed by atoms with van der Waals surface area (Å²) in [6, 6.07) is -0.727. The summed E-state index contributed by atoms with van der Waals surface area (Å²) in [5.74, 6) is -1.78. The van der Waals surface area contributed by atoms with Gasteiger partial charge in [0.2, 0.25) is 0 Å². The van der Waals surface area contributed by atoms with Gasteiger partial charge >= 0.3 is 11.9 Å². The van der Waals surface area contributed by atoms with Crippen molar-refractivity contribution in [3.05, 3.63) is 36.5 Å². The van der Waals surface area contributed by atoms with Gasteiger partial charge in [0.1, 0.15) is 12.6 Å². The zero-order chi connectivity index (χ0) is 34.3. The van der Waals surface area contributed by atoms with E-state index in [0.717, 1.165) is 89.9 Å². The Balaban J connectivity index is 4.50. The molecule has 0 saturated heterocycles. The molecule has 0 spiro atoms. The first-order valence-corrected chi connectivity index (χ1v) is 18.0. The summed E-state index contributed by atoms with van der Waals surface area (Å²) in [6.07, 6.45) is 30.3. The molecule has 0 saturated carbocycles. The van der Waals surface area contributed by atoms with Crippen molar-refractivity contribution >= 4 is 17.9 Å². The molecule has 0 radical (unpaired) electrons. The van der Waals surface area contributed by atoms with E-state index in [0.29, 0.717) is 12.8 Å². The van der Waals surface area contributed by atoms with Crippen LogP contribution in [0, 0.1) is 0 Å². The van der Waals surface area contributed by atoms with Crippen LogP contribution in [0.25, 0.3) is 0 Å². The van der Waals surface area contributed by atoms with Gasteiger partial charge < -0.3 is 28.6 Å². The first kappa shape index (κ1) is 43.5. The minimum absolute atomic E-state index is 0.0312. The van der Waals surface area contributed by atoms with Crippen molar-refractivity contribution in [2.24, 2.45) is 0 Å². The summed E-state index contributed by atoms with van der Waals surface area (Å²) >= 11 is 0. The lowest BCUT2D eigenvalue weighted by atomic mass is 10.1. The van der Waals surface area contributed by atoms with Crippen LogP contribution in [-0.2, 0) is 28.6 Å². The van der Waals surface area contributed by atoms with Crippen molar-refractivity contribution in [3.8, 4) is 0 Å². The van der Waals surface area contributed by atoms with Gasteiger partial charge in [-0.1, -0.05) is 95.2 Å². The van der Waals surface area contributed by atoms with Crippen molar-refractivity contribution in [3.63, 3.8) is 0 Å². The smallest absolute Gasteiger partial charge is 0.306 e. The zero-order valence-corrected chi connectivity index (χ0v) is 30.0. The normalized spacial score (nSPS) is 13.5. The molecule has 266 valence electrons. The van der Waals surface area contributed by atoms with E-state index in [1.807, 2.05) is 0 Å². The van der Waals surface area contributed by atoms with Gasteiger partial charge in [0, 0.05) is 19.3 Å². The number of rotatable bonds is 31. The van der Waals surface area contributed by atoms with Gasteiger partial charge in [0.05, 0.1) is 40.3 Å². The van der Waals surface area contributed by atoms with Crippen molar-refractivity contribution < 1.29 is 38.2 Å². The molecule has 0 aromatic heterocycles. The highest BCUT2D eigenvalue weighted by Crippen LogP contribution is 2.12. The van der Waals surface area contributed by atoms with E-state index in [1.54, 1.807) is 21.1 Å². The molecular formula is C38H67NO7. The van der Waals surface area contributed by atoms with E-state index in [2.05, 4.69) is 50.3 Å². The number of hydrogen-bond donors (Lipinski definition) is 0.